The molecular weight excluding hydrogens is 269 g/mol. The van der Waals surface area contributed by atoms with Crippen molar-refractivity contribution in [2.45, 2.75) is 33.4 Å². The number of hydrazone groups is 1. The highest BCUT2D eigenvalue weighted by molar-refractivity contribution is 6.14. The molecule has 3 nitrogen and oxygen atoms in total. The molecule has 1 amide bonds. The average Bonchev–Trinajstić information content (AvgIpc) is 2.70. The predicted octanol–water partition coefficient (Wildman–Crippen LogP) is 3.84. The van der Waals surface area contributed by atoms with E-state index in [2.05, 4.69) is 5.10 Å². The molecule has 0 aromatic heterocycles. The van der Waals surface area contributed by atoms with E-state index in [-0.39, 0.29) is 23.4 Å². The lowest BCUT2D eigenvalue weighted by molar-refractivity contribution is -0.137. The second-order valence-electron chi connectivity index (χ2n) is 5.73. The Bertz CT molecular complexity index is 571. The Morgan fingerprint density at radius 2 is 1.85 bits per heavy atom. The van der Waals surface area contributed by atoms with Crippen molar-refractivity contribution in [2.24, 2.45) is 10.5 Å². The second kappa shape index (κ2) is 4.61. The van der Waals surface area contributed by atoms with E-state index in [1.807, 2.05) is 20.8 Å². The zero-order valence-electron chi connectivity index (χ0n) is 11.5. The van der Waals surface area contributed by atoms with Gasteiger partial charge in [-0.3, -0.25) is 4.79 Å². The summed E-state index contributed by atoms with van der Waals surface area (Å²) in [5.74, 6) is -0.311. The zero-order chi connectivity index (χ0) is 15.1. The maximum atomic E-state index is 12.7. The predicted molar refractivity (Wildman–Crippen MR) is 70.4 cm³/mol. The molecule has 2 rings (SSSR count). The van der Waals surface area contributed by atoms with Crippen LogP contribution >= 0.6 is 0 Å². The first-order valence-corrected chi connectivity index (χ1v) is 6.17. The van der Waals surface area contributed by atoms with Crippen LogP contribution in [0.3, 0.4) is 0 Å². The van der Waals surface area contributed by atoms with Gasteiger partial charge in [-0.25, -0.2) is 5.01 Å². The molecule has 0 saturated heterocycles. The van der Waals surface area contributed by atoms with Crippen LogP contribution in [0, 0.1) is 5.41 Å². The van der Waals surface area contributed by atoms with Crippen LogP contribution in [0.4, 0.5) is 18.9 Å². The van der Waals surface area contributed by atoms with E-state index in [1.165, 1.54) is 12.1 Å². The van der Waals surface area contributed by atoms with Crippen LogP contribution < -0.4 is 5.01 Å². The molecule has 1 aliphatic rings. The fraction of sp³-hybridized carbons (Fsp3) is 0.429. The Morgan fingerprint density at radius 1 is 1.20 bits per heavy atom. The molecule has 0 bridgehead atoms. The molecule has 6 heteroatoms. The lowest BCUT2D eigenvalue weighted by Crippen LogP contribution is -2.21. The van der Waals surface area contributed by atoms with Gasteiger partial charge in [0.25, 0.3) is 5.91 Å². The van der Waals surface area contributed by atoms with E-state index in [4.69, 9.17) is 0 Å². The molecule has 1 aromatic carbocycles. The van der Waals surface area contributed by atoms with E-state index < -0.39 is 11.7 Å². The fourth-order valence-corrected chi connectivity index (χ4v) is 1.86. The van der Waals surface area contributed by atoms with Crippen LogP contribution in [0.1, 0.15) is 32.8 Å². The van der Waals surface area contributed by atoms with E-state index in [0.717, 1.165) is 17.1 Å². The minimum atomic E-state index is -4.44. The molecule has 0 aliphatic carbocycles. The number of hydrogen-bond donors (Lipinski definition) is 0. The maximum Gasteiger partial charge on any atom is 0.416 e. The van der Waals surface area contributed by atoms with Crippen molar-refractivity contribution in [3.05, 3.63) is 29.8 Å². The fourth-order valence-electron chi connectivity index (χ4n) is 1.86. The average molecular weight is 284 g/mol. The van der Waals surface area contributed by atoms with Gasteiger partial charge in [0.15, 0.2) is 0 Å². The molecule has 20 heavy (non-hydrogen) atoms. The molecule has 0 N–H and O–H groups in total. The van der Waals surface area contributed by atoms with Gasteiger partial charge in [0.05, 0.1) is 23.4 Å². The summed E-state index contributed by atoms with van der Waals surface area (Å²) in [5.41, 5.74) is -0.266. The Labute approximate surface area is 115 Å². The summed E-state index contributed by atoms with van der Waals surface area (Å²) in [6.45, 7) is 5.73. The summed E-state index contributed by atoms with van der Waals surface area (Å²) >= 11 is 0. The monoisotopic (exact) mass is 284 g/mol. The van der Waals surface area contributed by atoms with Gasteiger partial charge in [-0.05, 0) is 18.2 Å². The third kappa shape index (κ3) is 2.84. The normalized spacial score (nSPS) is 16.6. The van der Waals surface area contributed by atoms with Gasteiger partial charge < -0.3 is 0 Å². The van der Waals surface area contributed by atoms with E-state index in [9.17, 15) is 18.0 Å². The van der Waals surface area contributed by atoms with Crippen LogP contribution in [0.2, 0.25) is 0 Å². The largest absolute Gasteiger partial charge is 0.416 e. The summed E-state index contributed by atoms with van der Waals surface area (Å²) in [6.07, 6.45) is -4.30. The van der Waals surface area contributed by atoms with Gasteiger partial charge in [0.2, 0.25) is 0 Å². The number of carbonyl (C=O) groups is 1. The van der Waals surface area contributed by atoms with Crippen LogP contribution in [-0.2, 0) is 11.0 Å². The van der Waals surface area contributed by atoms with E-state index in [1.54, 1.807) is 0 Å². The molecular formula is C14H15F3N2O. The number of nitrogens with zero attached hydrogens (tertiary/aromatic N) is 2. The van der Waals surface area contributed by atoms with Gasteiger partial charge in [-0.2, -0.15) is 18.3 Å². The third-order valence-corrected chi connectivity index (χ3v) is 3.06. The van der Waals surface area contributed by atoms with Crippen LogP contribution in [-0.4, -0.2) is 11.6 Å². The summed E-state index contributed by atoms with van der Waals surface area (Å²) in [6, 6.07) is 4.63. The first kappa shape index (κ1) is 14.6. The summed E-state index contributed by atoms with van der Waals surface area (Å²) < 4.78 is 38.0. The zero-order valence-corrected chi connectivity index (χ0v) is 11.5. The minimum Gasteiger partial charge on any atom is -0.272 e. The topological polar surface area (TPSA) is 32.7 Å². The van der Waals surface area contributed by atoms with Crippen molar-refractivity contribution < 1.29 is 18.0 Å². The molecule has 0 atom stereocenters. The van der Waals surface area contributed by atoms with Crippen molar-refractivity contribution >= 4 is 17.3 Å². The van der Waals surface area contributed by atoms with Crippen LogP contribution in [0.15, 0.2) is 29.4 Å². The van der Waals surface area contributed by atoms with Gasteiger partial charge in [-0.15, -0.1) is 0 Å². The van der Waals surface area contributed by atoms with Crippen LogP contribution in [0.25, 0.3) is 0 Å². The molecule has 0 fully saturated rings. The summed E-state index contributed by atoms with van der Waals surface area (Å²) in [4.78, 5) is 11.9. The molecule has 0 spiro atoms. The Hall–Kier alpha value is -1.85. The molecule has 1 aliphatic heterocycles. The Kier molecular flexibility index (Phi) is 3.36. The van der Waals surface area contributed by atoms with Crippen molar-refractivity contribution in [1.82, 2.24) is 0 Å². The highest BCUT2D eigenvalue weighted by Crippen LogP contribution is 2.33. The number of amides is 1. The van der Waals surface area contributed by atoms with Crippen molar-refractivity contribution in [3.8, 4) is 0 Å². The van der Waals surface area contributed by atoms with Gasteiger partial charge in [0, 0.05) is 5.41 Å². The lowest BCUT2D eigenvalue weighted by atomic mass is 9.88. The number of anilines is 1. The smallest absolute Gasteiger partial charge is 0.272 e. The SMILES string of the molecule is CC(C)(C)C1=NN(c2cccc(C(F)(F)F)c2)C(=O)C1. The molecule has 0 unspecified atom stereocenters. The molecule has 0 saturated carbocycles. The molecule has 0 radical (unpaired) electrons. The highest BCUT2D eigenvalue weighted by Gasteiger charge is 2.34. The van der Waals surface area contributed by atoms with Crippen LogP contribution in [0.5, 0.6) is 0 Å². The number of rotatable bonds is 1. The number of carbonyl (C=O) groups excluding carboxylic acids is 1. The first-order valence-electron chi connectivity index (χ1n) is 6.17. The van der Waals surface area contributed by atoms with Gasteiger partial charge in [-0.1, -0.05) is 26.8 Å². The standard InChI is InChI=1S/C14H15F3N2O/c1-13(2,3)11-8-12(20)19(18-11)10-6-4-5-9(7-10)14(15,16)17/h4-7H,8H2,1-3H3. The quantitative estimate of drug-likeness (QED) is 0.771. The number of halogens is 3. The Balaban J connectivity index is 2.38. The minimum absolute atomic E-state index is 0.139. The molecule has 1 heterocycles. The summed E-state index contributed by atoms with van der Waals surface area (Å²) in [5, 5.41) is 5.22. The first-order chi connectivity index (χ1) is 9.09. The van der Waals surface area contributed by atoms with E-state index in [0.29, 0.717) is 5.71 Å². The molecule has 1 aromatic rings. The number of alkyl halides is 3. The van der Waals surface area contributed by atoms with Gasteiger partial charge in [0.1, 0.15) is 0 Å². The second-order valence-corrected chi connectivity index (χ2v) is 5.73. The van der Waals surface area contributed by atoms with Crippen molar-refractivity contribution in [1.29, 1.82) is 0 Å². The lowest BCUT2D eigenvalue weighted by Gasteiger charge is -2.17. The maximum absolute atomic E-state index is 12.7. The molecule has 108 valence electrons. The van der Waals surface area contributed by atoms with E-state index >= 15 is 0 Å². The van der Waals surface area contributed by atoms with Crippen molar-refractivity contribution in [3.63, 3.8) is 0 Å². The van der Waals surface area contributed by atoms with Gasteiger partial charge >= 0.3 is 6.18 Å². The third-order valence-electron chi connectivity index (χ3n) is 3.06. The number of benzene rings is 1. The summed E-state index contributed by atoms with van der Waals surface area (Å²) in [7, 11) is 0. The highest BCUT2D eigenvalue weighted by atomic mass is 19.4. The van der Waals surface area contributed by atoms with Crippen molar-refractivity contribution in [2.75, 3.05) is 5.01 Å². The number of hydrogen-bond acceptors (Lipinski definition) is 2. The Morgan fingerprint density at radius 3 is 2.35 bits per heavy atom.